The molecular formula is C13H15BrO. The Morgan fingerprint density at radius 2 is 2.13 bits per heavy atom. The maximum absolute atomic E-state index is 5.41. The Kier molecular flexibility index (Phi) is 3.27. The predicted molar refractivity (Wildman–Crippen MR) is 66.0 cm³/mol. The molecule has 1 unspecified atom stereocenters. The Bertz CT molecular complexity index is 396. The summed E-state index contributed by atoms with van der Waals surface area (Å²) in [6.07, 6.45) is 2.14. The number of rotatable bonds is 2. The van der Waals surface area contributed by atoms with E-state index in [2.05, 4.69) is 54.1 Å². The first-order valence-electron chi connectivity index (χ1n) is 5.18. The molecule has 1 heterocycles. The van der Waals surface area contributed by atoms with Gasteiger partial charge in [0.25, 0.3) is 0 Å². The third kappa shape index (κ3) is 2.16. The molecule has 15 heavy (non-hydrogen) atoms. The van der Waals surface area contributed by atoms with E-state index in [-0.39, 0.29) is 0 Å². The van der Waals surface area contributed by atoms with Crippen molar-refractivity contribution in [3.05, 3.63) is 46.5 Å². The summed E-state index contributed by atoms with van der Waals surface area (Å²) in [5, 5.41) is 0. The quantitative estimate of drug-likeness (QED) is 0.578. The summed E-state index contributed by atoms with van der Waals surface area (Å²) < 4.78 is 5.41. The van der Waals surface area contributed by atoms with Crippen molar-refractivity contribution in [1.29, 1.82) is 0 Å². The summed E-state index contributed by atoms with van der Waals surface area (Å²) in [6, 6.07) is 6.60. The SMILES string of the molecule is CC=C(C)C(Br)c1ccc2c(c1)COC2. The molecule has 0 N–H and O–H groups in total. The maximum Gasteiger partial charge on any atom is 0.0725 e. The fraction of sp³-hybridized carbons (Fsp3) is 0.385. The topological polar surface area (TPSA) is 9.23 Å². The average molecular weight is 267 g/mol. The van der Waals surface area contributed by atoms with Gasteiger partial charge in [0.15, 0.2) is 0 Å². The minimum absolute atomic E-state index is 0.327. The number of halogens is 1. The van der Waals surface area contributed by atoms with Crippen molar-refractivity contribution in [2.24, 2.45) is 0 Å². The van der Waals surface area contributed by atoms with Crippen molar-refractivity contribution in [3.8, 4) is 0 Å². The molecule has 0 radical (unpaired) electrons. The second kappa shape index (κ2) is 4.50. The van der Waals surface area contributed by atoms with Crippen LogP contribution in [0.5, 0.6) is 0 Å². The molecule has 1 aliphatic rings. The van der Waals surface area contributed by atoms with Crippen LogP contribution in [0.2, 0.25) is 0 Å². The summed E-state index contributed by atoms with van der Waals surface area (Å²) >= 11 is 3.71. The van der Waals surface area contributed by atoms with E-state index in [1.54, 1.807) is 0 Å². The van der Waals surface area contributed by atoms with Crippen molar-refractivity contribution in [3.63, 3.8) is 0 Å². The molecule has 80 valence electrons. The summed E-state index contributed by atoms with van der Waals surface area (Å²) in [5.41, 5.74) is 5.32. The summed E-state index contributed by atoms with van der Waals surface area (Å²) in [5.74, 6) is 0. The van der Waals surface area contributed by atoms with Gasteiger partial charge in [0, 0.05) is 0 Å². The van der Waals surface area contributed by atoms with Gasteiger partial charge in [-0.25, -0.2) is 0 Å². The van der Waals surface area contributed by atoms with Crippen LogP contribution in [0.3, 0.4) is 0 Å². The molecule has 0 saturated carbocycles. The van der Waals surface area contributed by atoms with Crippen LogP contribution in [-0.2, 0) is 18.0 Å². The van der Waals surface area contributed by atoms with Crippen LogP contribution in [-0.4, -0.2) is 0 Å². The molecule has 0 saturated heterocycles. The van der Waals surface area contributed by atoms with Crippen LogP contribution in [0.1, 0.15) is 35.4 Å². The number of fused-ring (bicyclic) bond motifs is 1. The molecule has 0 aliphatic carbocycles. The first-order valence-corrected chi connectivity index (χ1v) is 6.10. The first-order chi connectivity index (χ1) is 7.22. The van der Waals surface area contributed by atoms with Gasteiger partial charge in [0.2, 0.25) is 0 Å². The molecule has 2 rings (SSSR count). The van der Waals surface area contributed by atoms with E-state index in [4.69, 9.17) is 4.74 Å². The van der Waals surface area contributed by atoms with Gasteiger partial charge < -0.3 is 4.74 Å². The van der Waals surface area contributed by atoms with Gasteiger partial charge in [-0.3, -0.25) is 0 Å². The Balaban J connectivity index is 2.30. The third-order valence-electron chi connectivity index (χ3n) is 2.89. The number of ether oxygens (including phenoxy) is 1. The molecule has 0 aromatic heterocycles. The van der Waals surface area contributed by atoms with Gasteiger partial charge >= 0.3 is 0 Å². The molecule has 1 aliphatic heterocycles. The van der Waals surface area contributed by atoms with Gasteiger partial charge in [-0.1, -0.05) is 45.8 Å². The summed E-state index contributed by atoms with van der Waals surface area (Å²) in [6.45, 7) is 5.74. The van der Waals surface area contributed by atoms with Crippen LogP contribution in [0, 0.1) is 0 Å². The largest absolute Gasteiger partial charge is 0.372 e. The summed E-state index contributed by atoms with van der Waals surface area (Å²) in [7, 11) is 0. The van der Waals surface area contributed by atoms with Gasteiger partial charge in [0.1, 0.15) is 0 Å². The second-order valence-corrected chi connectivity index (χ2v) is 4.83. The lowest BCUT2D eigenvalue weighted by molar-refractivity contribution is 0.134. The third-order valence-corrected chi connectivity index (χ3v) is 4.14. The smallest absolute Gasteiger partial charge is 0.0725 e. The lowest BCUT2D eigenvalue weighted by atomic mass is 10.0. The van der Waals surface area contributed by atoms with Gasteiger partial charge in [-0.15, -0.1) is 0 Å². The van der Waals surface area contributed by atoms with Crippen molar-refractivity contribution < 1.29 is 4.74 Å². The Hall–Kier alpha value is -0.600. The number of hydrogen-bond acceptors (Lipinski definition) is 1. The molecule has 0 spiro atoms. The molecule has 0 fully saturated rings. The van der Waals surface area contributed by atoms with E-state index in [1.165, 1.54) is 22.3 Å². The van der Waals surface area contributed by atoms with Crippen molar-refractivity contribution in [1.82, 2.24) is 0 Å². The van der Waals surface area contributed by atoms with E-state index in [1.807, 2.05) is 0 Å². The fourth-order valence-corrected chi connectivity index (χ4v) is 2.31. The average Bonchev–Trinajstić information content (AvgIpc) is 2.73. The van der Waals surface area contributed by atoms with E-state index in [0.29, 0.717) is 4.83 Å². The van der Waals surface area contributed by atoms with Crippen LogP contribution >= 0.6 is 15.9 Å². The standard InChI is InChI=1S/C13H15BrO/c1-3-9(2)13(14)10-4-5-11-7-15-8-12(11)6-10/h3-6,13H,7-8H2,1-2H3. The zero-order valence-corrected chi connectivity index (χ0v) is 10.7. The van der Waals surface area contributed by atoms with E-state index >= 15 is 0 Å². The highest BCUT2D eigenvalue weighted by Gasteiger charge is 2.15. The molecule has 1 aromatic rings. The van der Waals surface area contributed by atoms with Crippen LogP contribution < -0.4 is 0 Å². The summed E-state index contributed by atoms with van der Waals surface area (Å²) in [4.78, 5) is 0.327. The number of hydrogen-bond donors (Lipinski definition) is 0. The normalized spacial score (nSPS) is 17.7. The number of alkyl halides is 1. The Morgan fingerprint density at radius 3 is 2.87 bits per heavy atom. The second-order valence-electron chi connectivity index (χ2n) is 3.92. The first kappa shape index (κ1) is 10.9. The van der Waals surface area contributed by atoms with Crippen LogP contribution in [0.25, 0.3) is 0 Å². The monoisotopic (exact) mass is 266 g/mol. The zero-order chi connectivity index (χ0) is 10.8. The lowest BCUT2D eigenvalue weighted by Gasteiger charge is -2.11. The minimum Gasteiger partial charge on any atom is -0.372 e. The fourth-order valence-electron chi connectivity index (χ4n) is 1.76. The van der Waals surface area contributed by atoms with Gasteiger partial charge in [-0.05, 0) is 30.5 Å². The Labute approximate surface area is 99.3 Å². The van der Waals surface area contributed by atoms with E-state index in [0.717, 1.165) is 13.2 Å². The molecule has 1 atom stereocenters. The van der Waals surface area contributed by atoms with E-state index in [9.17, 15) is 0 Å². The highest BCUT2D eigenvalue weighted by atomic mass is 79.9. The molecule has 0 amide bonds. The minimum atomic E-state index is 0.327. The molecular weight excluding hydrogens is 252 g/mol. The molecule has 1 aromatic carbocycles. The zero-order valence-electron chi connectivity index (χ0n) is 9.09. The van der Waals surface area contributed by atoms with Crippen molar-refractivity contribution in [2.75, 3.05) is 0 Å². The van der Waals surface area contributed by atoms with Gasteiger partial charge in [0.05, 0.1) is 18.0 Å². The Morgan fingerprint density at radius 1 is 1.40 bits per heavy atom. The maximum atomic E-state index is 5.41. The van der Waals surface area contributed by atoms with Crippen molar-refractivity contribution in [2.45, 2.75) is 31.9 Å². The van der Waals surface area contributed by atoms with Gasteiger partial charge in [-0.2, -0.15) is 0 Å². The number of allylic oxidation sites excluding steroid dienone is 2. The molecule has 0 bridgehead atoms. The number of benzene rings is 1. The molecule has 2 heteroatoms. The lowest BCUT2D eigenvalue weighted by Crippen LogP contribution is -1.93. The molecule has 1 nitrogen and oxygen atoms in total. The predicted octanol–water partition coefficient (Wildman–Crippen LogP) is 4.12. The van der Waals surface area contributed by atoms with E-state index < -0.39 is 0 Å². The van der Waals surface area contributed by atoms with Crippen LogP contribution in [0.15, 0.2) is 29.8 Å². The highest BCUT2D eigenvalue weighted by Crippen LogP contribution is 2.32. The highest BCUT2D eigenvalue weighted by molar-refractivity contribution is 9.09. The van der Waals surface area contributed by atoms with Crippen molar-refractivity contribution >= 4 is 15.9 Å². The van der Waals surface area contributed by atoms with Crippen LogP contribution in [0.4, 0.5) is 0 Å².